The van der Waals surface area contributed by atoms with Crippen LogP contribution in [0.5, 0.6) is 0 Å². The predicted octanol–water partition coefficient (Wildman–Crippen LogP) is 4.01. The third kappa shape index (κ3) is 2.80. The maximum Gasteiger partial charge on any atom is 0.417 e. The zero-order valence-corrected chi connectivity index (χ0v) is 7.84. The number of halogens is 6. The number of alkyl halides is 6. The molecule has 0 aliphatic carbocycles. The van der Waals surface area contributed by atoms with Gasteiger partial charge >= 0.3 is 12.4 Å². The molecule has 0 bridgehead atoms. The minimum atomic E-state index is -4.69. The third-order valence-corrected chi connectivity index (χ3v) is 2.00. The molecule has 1 rings (SSSR count). The maximum atomic E-state index is 12.1. The molecule has 0 spiro atoms. The Morgan fingerprint density at radius 1 is 0.867 bits per heavy atom. The summed E-state index contributed by atoms with van der Waals surface area (Å²) in [6, 6.07) is 1.10. The van der Waals surface area contributed by atoms with Crippen molar-refractivity contribution in [3.05, 3.63) is 29.3 Å². The highest BCUT2D eigenvalue weighted by Gasteiger charge is 2.36. The van der Waals surface area contributed by atoms with E-state index in [1.54, 1.807) is 0 Å². The van der Waals surface area contributed by atoms with Crippen molar-refractivity contribution in [3.63, 3.8) is 0 Å². The zero-order valence-electron chi connectivity index (χ0n) is 6.95. The molecule has 0 aliphatic heterocycles. The Kier molecular flexibility index (Phi) is 2.95. The molecule has 0 radical (unpaired) electrons. The largest absolute Gasteiger partial charge is 0.417 e. The van der Waals surface area contributed by atoms with Crippen LogP contribution in [0.1, 0.15) is 11.1 Å². The van der Waals surface area contributed by atoms with E-state index < -0.39 is 28.4 Å². The van der Waals surface area contributed by atoms with Gasteiger partial charge in [0.15, 0.2) is 0 Å². The second-order valence-corrected chi connectivity index (χ2v) is 3.21. The summed E-state index contributed by atoms with van der Waals surface area (Å²) >= 11 is 3.37. The van der Waals surface area contributed by atoms with E-state index in [9.17, 15) is 26.3 Å². The molecule has 0 N–H and O–H groups in total. The average Bonchev–Trinajstić information content (AvgIpc) is 1.99. The average molecular weight is 246 g/mol. The summed E-state index contributed by atoms with van der Waals surface area (Å²) in [6.07, 6.45) is -9.36. The normalized spacial score (nSPS) is 13.0. The van der Waals surface area contributed by atoms with E-state index >= 15 is 0 Å². The first-order valence-electron chi connectivity index (χ1n) is 3.60. The van der Waals surface area contributed by atoms with Crippen molar-refractivity contribution >= 4 is 12.6 Å². The SMILES string of the molecule is FC(F)(F)c1ccc(C(F)(F)F)c(S)c1. The van der Waals surface area contributed by atoms with Crippen LogP contribution in [-0.2, 0) is 12.4 Å². The molecule has 0 aromatic heterocycles. The zero-order chi connectivity index (χ0) is 11.9. The van der Waals surface area contributed by atoms with E-state index in [4.69, 9.17) is 0 Å². The Morgan fingerprint density at radius 3 is 1.73 bits per heavy atom. The van der Waals surface area contributed by atoms with Crippen molar-refractivity contribution < 1.29 is 26.3 Å². The van der Waals surface area contributed by atoms with Gasteiger partial charge in [-0.3, -0.25) is 0 Å². The Hall–Kier alpha value is -0.850. The summed E-state index contributed by atoms with van der Waals surface area (Å²) in [7, 11) is 0. The van der Waals surface area contributed by atoms with Crippen LogP contribution < -0.4 is 0 Å². The van der Waals surface area contributed by atoms with Gasteiger partial charge in [0.25, 0.3) is 0 Å². The molecule has 0 amide bonds. The second kappa shape index (κ2) is 3.62. The lowest BCUT2D eigenvalue weighted by Crippen LogP contribution is -2.09. The first kappa shape index (κ1) is 12.2. The van der Waals surface area contributed by atoms with Crippen LogP contribution in [0.4, 0.5) is 26.3 Å². The van der Waals surface area contributed by atoms with Crippen molar-refractivity contribution in [2.45, 2.75) is 17.2 Å². The van der Waals surface area contributed by atoms with Crippen molar-refractivity contribution in [1.82, 2.24) is 0 Å². The summed E-state index contributed by atoms with van der Waals surface area (Å²) in [6.45, 7) is 0. The van der Waals surface area contributed by atoms with Crippen LogP contribution in [-0.4, -0.2) is 0 Å². The van der Waals surface area contributed by atoms with Gasteiger partial charge in [-0.05, 0) is 18.2 Å². The number of thiol groups is 1. The molecule has 0 nitrogen and oxygen atoms in total. The number of benzene rings is 1. The molecule has 84 valence electrons. The highest BCUT2D eigenvalue weighted by molar-refractivity contribution is 7.80. The predicted molar refractivity (Wildman–Crippen MR) is 43.7 cm³/mol. The van der Waals surface area contributed by atoms with Gasteiger partial charge in [0.2, 0.25) is 0 Å². The van der Waals surface area contributed by atoms with Gasteiger partial charge in [-0.1, -0.05) is 0 Å². The van der Waals surface area contributed by atoms with E-state index in [2.05, 4.69) is 12.6 Å². The lowest BCUT2D eigenvalue weighted by Gasteiger charge is -2.12. The highest BCUT2D eigenvalue weighted by atomic mass is 32.1. The Labute approximate surface area is 86.3 Å². The Morgan fingerprint density at radius 2 is 1.40 bits per heavy atom. The molecule has 1 aromatic rings. The summed E-state index contributed by atoms with van der Waals surface area (Å²) < 4.78 is 72.7. The molecule has 0 atom stereocenters. The lowest BCUT2D eigenvalue weighted by atomic mass is 10.1. The van der Waals surface area contributed by atoms with E-state index in [1.807, 2.05) is 0 Å². The fraction of sp³-hybridized carbons (Fsp3) is 0.250. The monoisotopic (exact) mass is 246 g/mol. The third-order valence-electron chi connectivity index (χ3n) is 1.63. The van der Waals surface area contributed by atoms with Crippen molar-refractivity contribution in [3.8, 4) is 0 Å². The molecule has 0 fully saturated rings. The minimum absolute atomic E-state index is 0.353. The van der Waals surface area contributed by atoms with E-state index in [0.717, 1.165) is 0 Å². The Bertz CT molecular complexity index is 364. The van der Waals surface area contributed by atoms with Crippen molar-refractivity contribution in [2.24, 2.45) is 0 Å². The lowest BCUT2D eigenvalue weighted by molar-refractivity contribution is -0.143. The van der Waals surface area contributed by atoms with Gasteiger partial charge in [-0.15, -0.1) is 12.6 Å². The molecule has 0 unspecified atom stereocenters. The van der Waals surface area contributed by atoms with Gasteiger partial charge in [-0.25, -0.2) is 0 Å². The van der Waals surface area contributed by atoms with Crippen LogP contribution in [0.15, 0.2) is 23.1 Å². The topological polar surface area (TPSA) is 0 Å². The Balaban J connectivity index is 3.21. The van der Waals surface area contributed by atoms with Crippen LogP contribution in [0.2, 0.25) is 0 Å². The van der Waals surface area contributed by atoms with Gasteiger partial charge in [0.05, 0.1) is 11.1 Å². The summed E-state index contributed by atoms with van der Waals surface area (Å²) in [4.78, 5) is -0.739. The smallest absolute Gasteiger partial charge is 0.166 e. The summed E-state index contributed by atoms with van der Waals surface area (Å²) in [5.41, 5.74) is -2.33. The summed E-state index contributed by atoms with van der Waals surface area (Å²) in [5.74, 6) is 0. The standard InChI is InChI=1S/C8H4F6S/c9-7(10,11)4-1-2-5(6(15)3-4)8(12,13)14/h1-3,15H. The molecular weight excluding hydrogens is 242 g/mol. The fourth-order valence-corrected chi connectivity index (χ4v) is 1.29. The van der Waals surface area contributed by atoms with Crippen LogP contribution in [0.3, 0.4) is 0 Å². The molecule has 0 saturated carbocycles. The highest BCUT2D eigenvalue weighted by Crippen LogP contribution is 2.37. The first-order chi connectivity index (χ1) is 6.62. The van der Waals surface area contributed by atoms with Crippen LogP contribution >= 0.6 is 12.6 Å². The van der Waals surface area contributed by atoms with Gasteiger partial charge in [0, 0.05) is 4.90 Å². The van der Waals surface area contributed by atoms with Crippen LogP contribution in [0, 0.1) is 0 Å². The van der Waals surface area contributed by atoms with E-state index in [0.29, 0.717) is 18.2 Å². The molecule has 0 heterocycles. The number of hydrogen-bond donors (Lipinski definition) is 1. The second-order valence-electron chi connectivity index (χ2n) is 2.73. The van der Waals surface area contributed by atoms with Gasteiger partial charge in [-0.2, -0.15) is 26.3 Å². The quantitative estimate of drug-likeness (QED) is 0.519. The molecule has 0 aliphatic rings. The van der Waals surface area contributed by atoms with Gasteiger partial charge in [0.1, 0.15) is 0 Å². The van der Waals surface area contributed by atoms with E-state index in [1.165, 1.54) is 0 Å². The number of rotatable bonds is 0. The van der Waals surface area contributed by atoms with Crippen molar-refractivity contribution in [2.75, 3.05) is 0 Å². The minimum Gasteiger partial charge on any atom is -0.166 e. The van der Waals surface area contributed by atoms with Crippen LogP contribution in [0.25, 0.3) is 0 Å². The molecule has 1 aromatic carbocycles. The first-order valence-corrected chi connectivity index (χ1v) is 4.04. The van der Waals surface area contributed by atoms with Gasteiger partial charge < -0.3 is 0 Å². The fourth-order valence-electron chi connectivity index (χ4n) is 0.948. The summed E-state index contributed by atoms with van der Waals surface area (Å²) in [5, 5.41) is 0. The molecule has 0 saturated heterocycles. The van der Waals surface area contributed by atoms with Crippen molar-refractivity contribution in [1.29, 1.82) is 0 Å². The number of hydrogen-bond acceptors (Lipinski definition) is 1. The molecule has 7 heteroatoms. The molecular formula is C8H4F6S. The van der Waals surface area contributed by atoms with E-state index in [-0.39, 0.29) is 0 Å². The molecule has 15 heavy (non-hydrogen) atoms. The maximum absolute atomic E-state index is 12.1.